The zero-order valence-electron chi connectivity index (χ0n) is 89.7. The van der Waals surface area contributed by atoms with Gasteiger partial charge < -0.3 is 59.2 Å². The number of hydrogen-bond donors (Lipinski definition) is 2. The van der Waals surface area contributed by atoms with Crippen molar-refractivity contribution in [3.05, 3.63) is 171 Å². The summed E-state index contributed by atoms with van der Waals surface area (Å²) in [5.74, 6) is -6.01. The van der Waals surface area contributed by atoms with Crippen molar-refractivity contribution in [1.82, 2.24) is 29.8 Å². The average molecular weight is 2370 g/mol. The van der Waals surface area contributed by atoms with Crippen LogP contribution in [0.15, 0.2) is 84.4 Å². The molecule has 24 nitrogen and oxygen atoms in total. The molecule has 5 aromatic rings. The number of amides is 5. The molecule has 12 unspecified atom stereocenters. The molecule has 10 aliphatic heterocycles. The number of carbonyl (C=O) groups is 6. The van der Waals surface area contributed by atoms with Crippen LogP contribution in [0.1, 0.15) is 289 Å². The molecule has 0 aliphatic carbocycles. The Balaban J connectivity index is 0.000000194. The third-order valence-corrected chi connectivity index (χ3v) is 44.5. The molecule has 5 amide bonds. The third kappa shape index (κ3) is 33.4. The van der Waals surface area contributed by atoms with Gasteiger partial charge in [-0.25, -0.2) is 74.4 Å². The second-order valence-corrected chi connectivity index (χ2v) is 60.7. The number of halogens is 13. The van der Waals surface area contributed by atoms with Crippen LogP contribution in [0.5, 0.6) is 0 Å². The fraction of sp³-hybridized carbons (Fsp3) is 0.642. The summed E-state index contributed by atoms with van der Waals surface area (Å²) in [6.45, 7) is 59.1. The number of carbonyl (C=O) groups excluding carboxylic acids is 6. The Morgan fingerprint density at radius 2 is 0.639 bits per heavy atom. The van der Waals surface area contributed by atoms with Crippen LogP contribution in [0, 0.1) is 64.7 Å². The summed E-state index contributed by atoms with van der Waals surface area (Å²) < 4.78 is 179. The molecule has 10 fully saturated rings. The maximum Gasteiger partial charge on any atom is 0.410 e. The minimum absolute atomic E-state index is 0.0373. The fourth-order valence-electron chi connectivity index (χ4n) is 20.7. The summed E-state index contributed by atoms with van der Waals surface area (Å²) in [7, 11) is 0. The van der Waals surface area contributed by atoms with Crippen molar-refractivity contribution >= 4 is 125 Å². The Morgan fingerprint density at radius 3 is 0.912 bits per heavy atom. The summed E-state index contributed by atoms with van der Waals surface area (Å²) >= 11 is 6.44. The van der Waals surface area contributed by atoms with Crippen LogP contribution < -0.4 is 30.7 Å². The van der Waals surface area contributed by atoms with Crippen molar-refractivity contribution in [3.63, 3.8) is 0 Å². The molecular formula is C109H155Br3F10N12O12Sn. The maximum absolute atomic E-state index is 14.7. The van der Waals surface area contributed by atoms with Gasteiger partial charge >= 0.3 is 150 Å². The molecule has 3 N–H and O–H groups in total. The maximum atomic E-state index is 14.7. The monoisotopic (exact) mass is 2370 g/mol. The first-order valence-corrected chi connectivity index (χ1v) is 61.6. The molecule has 0 spiro atoms. The molecule has 15 rings (SSSR count). The van der Waals surface area contributed by atoms with E-state index < -0.39 is 111 Å². The Kier molecular flexibility index (Phi) is 44.0. The first-order valence-electron chi connectivity index (χ1n) is 51.8. The summed E-state index contributed by atoms with van der Waals surface area (Å²) in [6, 6.07) is 10.8. The van der Waals surface area contributed by atoms with Crippen molar-refractivity contribution in [2.75, 3.05) is 98.2 Å². The van der Waals surface area contributed by atoms with E-state index in [1.807, 2.05) is 119 Å². The fourth-order valence-corrected chi connectivity index (χ4v) is 36.3. The number of fused-ring (bicyclic) bond motifs is 10. The van der Waals surface area contributed by atoms with Crippen molar-refractivity contribution in [2.45, 2.75) is 369 Å². The molecule has 147 heavy (non-hydrogen) atoms. The van der Waals surface area contributed by atoms with Gasteiger partial charge in [0.2, 0.25) is 6.04 Å². The first kappa shape index (κ1) is 122. The van der Waals surface area contributed by atoms with Gasteiger partial charge in [-0.05, 0) is 277 Å². The van der Waals surface area contributed by atoms with Crippen LogP contribution in [-0.2, 0) is 28.4 Å². The quantitative estimate of drug-likeness (QED) is 0.0140. The molecule has 10 bridgehead atoms. The number of rotatable bonds is 20. The van der Waals surface area contributed by atoms with E-state index in [2.05, 4.69) is 92.2 Å². The molecule has 10 aliphatic rings. The number of nitrogens with one attached hydrogen (secondary N) is 1. The molecule has 0 saturated carbocycles. The van der Waals surface area contributed by atoms with E-state index >= 15 is 0 Å². The number of anilines is 4. The van der Waals surface area contributed by atoms with Gasteiger partial charge in [-0.1, -0.05) is 6.92 Å². The number of ketones is 1. The number of benzene rings is 5. The first-order chi connectivity index (χ1) is 68.7. The molecule has 5 aromatic carbocycles. The number of nitrogens with two attached hydrogens (primary N) is 1. The second-order valence-electron chi connectivity index (χ2n) is 44.9. The molecule has 0 radical (unpaired) electrons. The molecule has 10 saturated heterocycles. The van der Waals surface area contributed by atoms with E-state index in [1.165, 1.54) is 86.8 Å². The SMILES string of the molecule is C=[C](OCC)[Sn]([CH2]CCC)([CH2]CCC)[CH2]CCC.CC(=O)c1cc(F)c(N2CC3CCC(C2)N3C(=O)OC(C)(C)C)cc1F.CC(C)(C)OC(=O)N1C2CCC1CN(c1cc(F)c(Br)cc1F)C2.CC(C)(C)OC(=O)N1C2CCC1CNC2.CC(CN)c1cc(F)c(N2CC3CCC(C2)N3C(=O)OC(C)(C)C)cc1F.Fc1cc(Br)c(F)cc1Br.[C-]#[N+]C(C)c1cc(F)c(N2CC3CCC(C2)N3C(=O)OC(C)(C)C)cc1F. The minimum atomic E-state index is -2.24. The minimum Gasteiger partial charge on any atom is -0.444 e. The van der Waals surface area contributed by atoms with Crippen molar-refractivity contribution in [1.29, 1.82) is 0 Å². The molecule has 10 heterocycles. The Labute approximate surface area is 893 Å². The zero-order chi connectivity index (χ0) is 109. The number of piperazine rings is 5. The number of nitrogens with zero attached hydrogens (tertiary/aromatic N) is 10. The molecular weight excluding hydrogens is 2220 g/mol. The van der Waals surface area contributed by atoms with Crippen LogP contribution in [0.3, 0.4) is 0 Å². The van der Waals surface area contributed by atoms with Gasteiger partial charge in [0.15, 0.2) is 5.78 Å². The van der Waals surface area contributed by atoms with Gasteiger partial charge in [-0.15, -0.1) is 0 Å². The number of hydrogen-bond acceptors (Lipinski definition) is 18. The van der Waals surface area contributed by atoms with Crippen molar-refractivity contribution in [2.24, 2.45) is 5.73 Å². The molecule has 818 valence electrons. The van der Waals surface area contributed by atoms with E-state index in [4.69, 9.17) is 40.7 Å². The third-order valence-electron chi connectivity index (χ3n) is 27.7. The summed E-state index contributed by atoms with van der Waals surface area (Å²) in [5.41, 5.74) is 3.89. The van der Waals surface area contributed by atoms with Gasteiger partial charge in [0.05, 0.1) is 95.6 Å². The van der Waals surface area contributed by atoms with E-state index in [0.717, 1.165) is 120 Å². The van der Waals surface area contributed by atoms with E-state index in [1.54, 1.807) is 43.2 Å². The summed E-state index contributed by atoms with van der Waals surface area (Å²) in [4.78, 5) is 92.7. The predicted octanol–water partition coefficient (Wildman–Crippen LogP) is 27.0. The Bertz CT molecular complexity index is 5270. The Morgan fingerprint density at radius 1 is 0.395 bits per heavy atom. The number of unbranched alkanes of at least 4 members (excludes halogenated alkanes) is 3. The largest absolute Gasteiger partial charge is 0.444 e. The van der Waals surface area contributed by atoms with Crippen LogP contribution >= 0.6 is 47.8 Å². The van der Waals surface area contributed by atoms with E-state index in [0.29, 0.717) is 70.0 Å². The van der Waals surface area contributed by atoms with Crippen LogP contribution in [0.4, 0.5) is 90.6 Å². The van der Waals surface area contributed by atoms with Gasteiger partial charge in [-0.3, -0.25) is 29.3 Å². The van der Waals surface area contributed by atoms with E-state index in [9.17, 15) is 72.7 Å². The van der Waals surface area contributed by atoms with Gasteiger partial charge in [0, 0.05) is 109 Å². The topological polar surface area (TPSA) is 229 Å². The predicted molar refractivity (Wildman–Crippen MR) is 569 cm³/mol. The van der Waals surface area contributed by atoms with Gasteiger partial charge in [0.25, 0.3) is 0 Å². The molecule has 12 atom stereocenters. The normalized spacial score (nSPS) is 21.6. The summed E-state index contributed by atoms with van der Waals surface area (Å²) in [6.07, 6.45) is 15.4. The van der Waals surface area contributed by atoms with Crippen LogP contribution in [-0.4, -0.2) is 246 Å². The zero-order valence-corrected chi connectivity index (χ0v) is 97.3. The Hall–Kier alpha value is -8.19. The standard InChI is InChI=1S/C20H25F2N3O2.C20H29F2N3O2.C19H24F2N2O3.C17H21BrF2N2O2.C11H20N2O2.C6H2Br2F2.C4H7O.3C4H9.Sn/c1-12(23-5)15-8-17(22)18(9-16(15)21)24-10-13-6-7-14(11-24)25(13)19(26)27-20(2,3)4;1-12(9-23)15-7-17(22)18(8-16(15)21)24-10-13-5-6-14(11-24)25(13)19(26)27-20(2,3)4;1-11(24)14-7-16(21)17(8-15(14)20)22-9-12-5-6-13(10-22)23(12)18(25)26-19(2,3)4;1-17(2,3)24-16(23)22-10-4-5-11(22)9-21(8-10)15-7-13(19)12(18)6-14(15)20;1-11(2,3)15-10(14)13-8-4-5-9(13)7-12-6-8;7-3-1-5(9)4(8)2-6(3)10;1-3-5-4-2;3*1-3-4-2;/h8-9,12-14H,6-7,10-11H2,1-4H3;7-8,12-14H,5-6,9-11,23H2,1-4H3;7-8,12-13H,5-6,9-10H2,1-4H3;6-7,10-11H,4-5,8-9H2,1-3H3;8-9,12H,4-7H2,1-3H3;1-2H;1,4H2,2H3;3*1,3-4H2,2H3;. The summed E-state index contributed by atoms with van der Waals surface area (Å²) in [5, 5.41) is 3.35. The van der Waals surface area contributed by atoms with Gasteiger partial charge in [-0.2, -0.15) is 0 Å². The van der Waals surface area contributed by atoms with Crippen LogP contribution in [0.2, 0.25) is 13.3 Å². The number of ether oxygens (including phenoxy) is 6. The smallest absolute Gasteiger partial charge is 0.410 e. The van der Waals surface area contributed by atoms with E-state index in [-0.39, 0.29) is 144 Å². The van der Waals surface area contributed by atoms with Crippen molar-refractivity contribution < 1.29 is 101 Å². The molecule has 0 aromatic heterocycles. The number of Topliss-reactive ketones (excluding diaryl/α,β-unsaturated/α-hetero) is 1. The van der Waals surface area contributed by atoms with Crippen molar-refractivity contribution in [3.8, 4) is 0 Å². The molecule has 38 heteroatoms. The van der Waals surface area contributed by atoms with Gasteiger partial charge in [0.1, 0.15) is 86.2 Å². The van der Waals surface area contributed by atoms with Crippen LogP contribution in [0.25, 0.3) is 4.85 Å². The average Bonchev–Trinajstić information content (AvgIpc) is 1.62. The second kappa shape index (κ2) is 52.9.